The first-order valence-corrected chi connectivity index (χ1v) is 9.74. The summed E-state index contributed by atoms with van der Waals surface area (Å²) in [6, 6.07) is 15.3. The molecule has 138 valence electrons. The fraction of sp³-hybridized carbons (Fsp3) is 0.238. The molecule has 1 aromatic heterocycles. The van der Waals surface area contributed by atoms with E-state index in [0.717, 1.165) is 35.0 Å². The van der Waals surface area contributed by atoms with Crippen molar-refractivity contribution in [1.29, 1.82) is 0 Å². The normalized spacial score (nSPS) is 15.2. The molecule has 4 rings (SSSR count). The molecule has 5 nitrogen and oxygen atoms in total. The van der Waals surface area contributed by atoms with Crippen molar-refractivity contribution >= 4 is 32.7 Å². The Hall–Kier alpha value is -2.44. The molecule has 1 aliphatic rings. The van der Waals surface area contributed by atoms with Crippen LogP contribution in [0.25, 0.3) is 10.9 Å². The number of aromatic hydroxyl groups is 1. The number of halogens is 1. The summed E-state index contributed by atoms with van der Waals surface area (Å²) in [6.45, 7) is 3.71. The number of benzene rings is 2. The Bertz CT molecular complexity index is 979. The number of phenols is 1. The first-order chi connectivity index (χ1) is 13.1. The number of carbonyl (C=O) groups excluding carboxylic acids is 1. The second-order valence-electron chi connectivity index (χ2n) is 6.72. The summed E-state index contributed by atoms with van der Waals surface area (Å²) in [6.07, 6.45) is 1.83. The number of para-hydroxylation sites is 1. The van der Waals surface area contributed by atoms with E-state index < -0.39 is 0 Å². The smallest absolute Gasteiger partial charge is 0.257 e. The summed E-state index contributed by atoms with van der Waals surface area (Å²) in [4.78, 5) is 21.4. The van der Waals surface area contributed by atoms with Crippen LogP contribution in [-0.4, -0.2) is 52.0 Å². The lowest BCUT2D eigenvalue weighted by molar-refractivity contribution is 0.0626. The molecule has 27 heavy (non-hydrogen) atoms. The molecular formula is C21H20BrN3O2. The lowest BCUT2D eigenvalue weighted by atomic mass is 10.1. The van der Waals surface area contributed by atoms with Crippen LogP contribution in [0.15, 0.2) is 59.2 Å². The Morgan fingerprint density at radius 2 is 1.85 bits per heavy atom. The predicted octanol–water partition coefficient (Wildman–Crippen LogP) is 3.66. The van der Waals surface area contributed by atoms with Gasteiger partial charge in [-0.2, -0.15) is 0 Å². The zero-order valence-corrected chi connectivity index (χ0v) is 16.4. The molecule has 1 fully saturated rings. The maximum atomic E-state index is 12.7. The molecular weight excluding hydrogens is 406 g/mol. The highest BCUT2D eigenvalue weighted by Gasteiger charge is 2.24. The Balaban J connectivity index is 1.42. The van der Waals surface area contributed by atoms with Crippen molar-refractivity contribution < 1.29 is 9.90 Å². The number of carbonyl (C=O) groups is 1. The lowest BCUT2D eigenvalue weighted by Crippen LogP contribution is -2.48. The van der Waals surface area contributed by atoms with E-state index in [1.165, 1.54) is 5.56 Å². The van der Waals surface area contributed by atoms with Crippen LogP contribution in [-0.2, 0) is 6.54 Å². The number of fused-ring (bicyclic) bond motifs is 1. The van der Waals surface area contributed by atoms with Crippen molar-refractivity contribution in [2.75, 3.05) is 26.2 Å². The Kier molecular flexibility index (Phi) is 5.09. The molecule has 0 atom stereocenters. The maximum Gasteiger partial charge on any atom is 0.257 e. The molecule has 2 heterocycles. The number of rotatable bonds is 3. The van der Waals surface area contributed by atoms with Crippen LogP contribution < -0.4 is 0 Å². The van der Waals surface area contributed by atoms with Gasteiger partial charge in [0.25, 0.3) is 5.91 Å². The summed E-state index contributed by atoms with van der Waals surface area (Å²) < 4.78 is 0.755. The lowest BCUT2D eigenvalue weighted by Gasteiger charge is -2.35. The third kappa shape index (κ3) is 3.82. The van der Waals surface area contributed by atoms with Crippen LogP contribution in [0.4, 0.5) is 0 Å². The first kappa shape index (κ1) is 17.9. The molecule has 0 bridgehead atoms. The zero-order chi connectivity index (χ0) is 18.8. The number of phenolic OH excluding ortho intramolecular Hbond substituents is 1. The summed E-state index contributed by atoms with van der Waals surface area (Å²) in [5.41, 5.74) is 2.60. The molecule has 0 saturated carbocycles. The van der Waals surface area contributed by atoms with Crippen LogP contribution in [0.2, 0.25) is 0 Å². The molecule has 0 aliphatic carbocycles. The van der Waals surface area contributed by atoms with Crippen molar-refractivity contribution in [1.82, 2.24) is 14.8 Å². The minimum absolute atomic E-state index is 0.0126. The van der Waals surface area contributed by atoms with Gasteiger partial charge in [0.15, 0.2) is 0 Å². The third-order valence-electron chi connectivity index (χ3n) is 4.96. The second-order valence-corrected chi connectivity index (χ2v) is 7.64. The molecule has 2 aromatic carbocycles. The molecule has 1 aliphatic heterocycles. The van der Waals surface area contributed by atoms with E-state index in [1.54, 1.807) is 23.1 Å². The van der Waals surface area contributed by atoms with Crippen molar-refractivity contribution in [2.24, 2.45) is 0 Å². The number of hydrogen-bond acceptors (Lipinski definition) is 4. The predicted molar refractivity (Wildman–Crippen MR) is 109 cm³/mol. The largest absolute Gasteiger partial charge is 0.507 e. The van der Waals surface area contributed by atoms with Gasteiger partial charge < -0.3 is 10.0 Å². The topological polar surface area (TPSA) is 56.7 Å². The first-order valence-electron chi connectivity index (χ1n) is 8.94. The van der Waals surface area contributed by atoms with Crippen LogP contribution in [0.3, 0.4) is 0 Å². The van der Waals surface area contributed by atoms with E-state index in [-0.39, 0.29) is 11.7 Å². The molecule has 3 aromatic rings. The molecule has 1 N–H and O–H groups in total. The van der Waals surface area contributed by atoms with Gasteiger partial charge in [-0.05, 0) is 29.8 Å². The molecule has 1 amide bonds. The SMILES string of the molecule is O=C(c1ccc(Br)cc1O)N1CCN(Cc2cccc3cccnc23)CC1. The van der Waals surface area contributed by atoms with E-state index in [0.29, 0.717) is 18.7 Å². The summed E-state index contributed by atoms with van der Waals surface area (Å²) >= 11 is 3.30. The average molecular weight is 426 g/mol. The Morgan fingerprint density at radius 1 is 1.07 bits per heavy atom. The van der Waals surface area contributed by atoms with Crippen molar-refractivity contribution in [2.45, 2.75) is 6.54 Å². The van der Waals surface area contributed by atoms with Crippen LogP contribution in [0.5, 0.6) is 5.75 Å². The third-order valence-corrected chi connectivity index (χ3v) is 5.45. The Morgan fingerprint density at radius 3 is 2.63 bits per heavy atom. The minimum atomic E-state index is -0.119. The van der Waals surface area contributed by atoms with Gasteiger partial charge >= 0.3 is 0 Å². The van der Waals surface area contributed by atoms with Gasteiger partial charge in [-0.1, -0.05) is 40.2 Å². The molecule has 0 spiro atoms. The standard InChI is InChI=1S/C21H20BrN3O2/c22-17-6-7-18(19(26)13-17)21(27)25-11-9-24(10-12-25)14-16-4-1-3-15-5-2-8-23-20(15)16/h1-8,13,26H,9-12,14H2. The van der Waals surface area contributed by atoms with E-state index in [4.69, 9.17) is 0 Å². The van der Waals surface area contributed by atoms with E-state index in [9.17, 15) is 9.90 Å². The van der Waals surface area contributed by atoms with Crippen molar-refractivity contribution in [3.63, 3.8) is 0 Å². The highest BCUT2D eigenvalue weighted by atomic mass is 79.9. The quantitative estimate of drug-likeness (QED) is 0.695. The van der Waals surface area contributed by atoms with Crippen molar-refractivity contribution in [3.8, 4) is 5.75 Å². The number of hydrogen-bond donors (Lipinski definition) is 1. The minimum Gasteiger partial charge on any atom is -0.507 e. The van der Waals surface area contributed by atoms with Gasteiger partial charge in [0.1, 0.15) is 5.75 Å². The molecule has 0 unspecified atom stereocenters. The average Bonchev–Trinajstić information content (AvgIpc) is 2.68. The highest BCUT2D eigenvalue weighted by molar-refractivity contribution is 9.10. The van der Waals surface area contributed by atoms with Crippen LogP contribution in [0.1, 0.15) is 15.9 Å². The Labute approximate surface area is 166 Å². The van der Waals surface area contributed by atoms with Gasteiger partial charge in [-0.25, -0.2) is 0 Å². The second kappa shape index (κ2) is 7.66. The zero-order valence-electron chi connectivity index (χ0n) is 14.8. The number of piperazine rings is 1. The molecule has 6 heteroatoms. The number of aromatic nitrogens is 1. The maximum absolute atomic E-state index is 12.7. The fourth-order valence-corrected chi connectivity index (χ4v) is 3.85. The van der Waals surface area contributed by atoms with Gasteiger partial charge in [-0.3, -0.25) is 14.7 Å². The van der Waals surface area contributed by atoms with Crippen molar-refractivity contribution in [3.05, 3.63) is 70.3 Å². The number of nitrogens with zero attached hydrogens (tertiary/aromatic N) is 3. The molecule has 1 saturated heterocycles. The summed E-state index contributed by atoms with van der Waals surface area (Å²) in [5, 5.41) is 11.2. The highest BCUT2D eigenvalue weighted by Crippen LogP contribution is 2.24. The summed E-state index contributed by atoms with van der Waals surface area (Å²) in [7, 11) is 0. The molecule has 0 radical (unpaired) electrons. The van der Waals surface area contributed by atoms with Gasteiger partial charge in [0.2, 0.25) is 0 Å². The summed E-state index contributed by atoms with van der Waals surface area (Å²) in [5.74, 6) is -0.106. The van der Waals surface area contributed by atoms with E-state index in [2.05, 4.69) is 50.1 Å². The fourth-order valence-electron chi connectivity index (χ4n) is 3.50. The van der Waals surface area contributed by atoms with Crippen LogP contribution >= 0.6 is 15.9 Å². The monoisotopic (exact) mass is 425 g/mol. The van der Waals surface area contributed by atoms with E-state index >= 15 is 0 Å². The van der Waals surface area contributed by atoms with Crippen LogP contribution in [0, 0.1) is 0 Å². The van der Waals surface area contributed by atoms with Gasteiger partial charge in [-0.15, -0.1) is 0 Å². The number of pyridine rings is 1. The number of amides is 1. The van der Waals surface area contributed by atoms with Gasteiger partial charge in [0, 0.05) is 48.8 Å². The van der Waals surface area contributed by atoms with E-state index in [1.807, 2.05) is 12.3 Å². The van der Waals surface area contributed by atoms with Gasteiger partial charge in [0.05, 0.1) is 11.1 Å².